The number of ether oxygens (including phenoxy) is 1. The molecule has 1 aromatic rings. The Morgan fingerprint density at radius 3 is 2.57 bits per heavy atom. The summed E-state index contributed by atoms with van der Waals surface area (Å²) in [6.45, 7) is -1.59. The highest BCUT2D eigenvalue weighted by Gasteiger charge is 2.15. The molecule has 0 atom stereocenters. The number of nitriles is 1. The maximum atomic E-state index is 13.0. The highest BCUT2D eigenvalue weighted by Crippen LogP contribution is 2.25. The van der Waals surface area contributed by atoms with Gasteiger partial charge >= 0.3 is 6.61 Å². The van der Waals surface area contributed by atoms with Gasteiger partial charge in [0.1, 0.15) is 6.07 Å². The van der Waals surface area contributed by atoms with Gasteiger partial charge in [-0.1, -0.05) is 0 Å². The van der Waals surface area contributed by atoms with Gasteiger partial charge in [-0.3, -0.25) is 0 Å². The van der Waals surface area contributed by atoms with E-state index >= 15 is 0 Å². The number of alkyl halides is 2. The van der Waals surface area contributed by atoms with Crippen LogP contribution in [-0.2, 0) is 0 Å². The van der Waals surface area contributed by atoms with Crippen molar-refractivity contribution >= 4 is 0 Å². The molecule has 74 valence electrons. The Morgan fingerprint density at radius 1 is 1.43 bits per heavy atom. The third-order valence-corrected chi connectivity index (χ3v) is 1.52. The number of halogens is 3. The Labute approximate surface area is 78.5 Å². The highest BCUT2D eigenvalue weighted by molar-refractivity contribution is 5.46. The number of hydrogen-bond acceptors (Lipinski definition) is 2. The van der Waals surface area contributed by atoms with E-state index in [1.807, 2.05) is 0 Å². The van der Waals surface area contributed by atoms with Gasteiger partial charge in [-0.25, -0.2) is 4.39 Å². The largest absolute Gasteiger partial charge is 0.430 e. The Morgan fingerprint density at radius 2 is 2.07 bits per heavy atom. The molecule has 0 N–H and O–H groups in total. The van der Waals surface area contributed by atoms with Crippen LogP contribution >= 0.6 is 0 Å². The van der Waals surface area contributed by atoms with Crippen molar-refractivity contribution in [3.8, 4) is 11.8 Å². The highest BCUT2D eigenvalue weighted by atomic mass is 19.3. The van der Waals surface area contributed by atoms with Crippen molar-refractivity contribution in [2.75, 3.05) is 0 Å². The van der Waals surface area contributed by atoms with E-state index in [-0.39, 0.29) is 5.56 Å². The molecule has 0 amide bonds. The lowest BCUT2D eigenvalue weighted by molar-refractivity contribution is -0.0524. The van der Waals surface area contributed by atoms with Gasteiger partial charge in [0, 0.05) is 0 Å². The van der Waals surface area contributed by atoms with Gasteiger partial charge in [-0.2, -0.15) is 14.0 Å². The average Bonchev–Trinajstić information content (AvgIpc) is 2.08. The number of rotatable bonds is 2. The van der Waals surface area contributed by atoms with Crippen molar-refractivity contribution in [2.45, 2.75) is 13.5 Å². The summed E-state index contributed by atoms with van der Waals surface area (Å²) in [5, 5.41) is 8.54. The van der Waals surface area contributed by atoms with Gasteiger partial charge in [-0.05, 0) is 24.6 Å². The first-order valence-electron chi connectivity index (χ1n) is 3.69. The third kappa shape index (κ3) is 2.16. The van der Waals surface area contributed by atoms with E-state index < -0.39 is 18.2 Å². The van der Waals surface area contributed by atoms with Crippen molar-refractivity contribution in [3.05, 3.63) is 29.1 Å². The van der Waals surface area contributed by atoms with Crippen molar-refractivity contribution in [1.82, 2.24) is 0 Å². The van der Waals surface area contributed by atoms with Crippen LogP contribution in [0.25, 0.3) is 0 Å². The van der Waals surface area contributed by atoms with Crippen LogP contribution in [0.3, 0.4) is 0 Å². The monoisotopic (exact) mass is 201 g/mol. The van der Waals surface area contributed by atoms with Gasteiger partial charge in [0.25, 0.3) is 0 Å². The molecule has 0 aliphatic rings. The lowest BCUT2D eigenvalue weighted by atomic mass is 10.1. The zero-order valence-corrected chi connectivity index (χ0v) is 7.22. The standard InChI is InChI=1S/C9H6F3NO/c1-5-2-6(4-13)8(7(10)3-5)14-9(11)12/h2-3,9H,1H3. The Balaban J connectivity index is 3.20. The molecular formula is C9H6F3NO. The van der Waals surface area contributed by atoms with Crippen LogP contribution in [-0.4, -0.2) is 6.61 Å². The minimum atomic E-state index is -3.14. The summed E-state index contributed by atoms with van der Waals surface area (Å²) in [7, 11) is 0. The zero-order chi connectivity index (χ0) is 10.7. The average molecular weight is 201 g/mol. The Hall–Kier alpha value is -1.70. The Kier molecular flexibility index (Phi) is 2.97. The second kappa shape index (κ2) is 4.01. The van der Waals surface area contributed by atoms with Gasteiger partial charge in [0.05, 0.1) is 5.56 Å². The lowest BCUT2D eigenvalue weighted by Crippen LogP contribution is -2.05. The molecule has 5 heteroatoms. The first kappa shape index (κ1) is 10.4. The number of aryl methyl sites for hydroxylation is 1. The summed E-state index contributed by atoms with van der Waals surface area (Å²) in [4.78, 5) is 0. The number of nitrogens with zero attached hydrogens (tertiary/aromatic N) is 1. The van der Waals surface area contributed by atoms with Crippen LogP contribution in [0, 0.1) is 24.1 Å². The van der Waals surface area contributed by atoms with Gasteiger partial charge in [0.15, 0.2) is 11.6 Å². The molecule has 0 aliphatic carbocycles. The third-order valence-electron chi connectivity index (χ3n) is 1.52. The van der Waals surface area contributed by atoms with Gasteiger partial charge < -0.3 is 4.74 Å². The summed E-state index contributed by atoms with van der Waals surface area (Å²) >= 11 is 0. The SMILES string of the molecule is Cc1cc(F)c(OC(F)F)c(C#N)c1. The predicted molar refractivity (Wildman–Crippen MR) is 42.5 cm³/mol. The van der Waals surface area contributed by atoms with Crippen LogP contribution in [0.1, 0.15) is 11.1 Å². The zero-order valence-electron chi connectivity index (χ0n) is 7.22. The molecule has 0 saturated heterocycles. The first-order chi connectivity index (χ1) is 6.54. The Bertz CT molecular complexity index is 384. The number of benzene rings is 1. The molecule has 14 heavy (non-hydrogen) atoms. The van der Waals surface area contributed by atoms with E-state index in [2.05, 4.69) is 4.74 Å². The summed E-state index contributed by atoms with van der Waals surface area (Å²) in [6.07, 6.45) is 0. The molecule has 0 unspecified atom stereocenters. The second-order valence-corrected chi connectivity index (χ2v) is 2.61. The van der Waals surface area contributed by atoms with E-state index in [4.69, 9.17) is 5.26 Å². The van der Waals surface area contributed by atoms with Gasteiger partial charge in [0.2, 0.25) is 0 Å². The molecule has 2 nitrogen and oxygen atoms in total. The van der Waals surface area contributed by atoms with Gasteiger partial charge in [-0.15, -0.1) is 0 Å². The fourth-order valence-corrected chi connectivity index (χ4v) is 1.02. The molecule has 0 heterocycles. The molecule has 0 bridgehead atoms. The van der Waals surface area contributed by atoms with Crippen LogP contribution in [0.2, 0.25) is 0 Å². The van der Waals surface area contributed by atoms with Crippen molar-refractivity contribution < 1.29 is 17.9 Å². The van der Waals surface area contributed by atoms with Crippen molar-refractivity contribution in [2.24, 2.45) is 0 Å². The molecule has 0 aromatic heterocycles. The molecular weight excluding hydrogens is 195 g/mol. The van der Waals surface area contributed by atoms with Crippen LogP contribution in [0.4, 0.5) is 13.2 Å². The second-order valence-electron chi connectivity index (χ2n) is 2.61. The smallest absolute Gasteiger partial charge is 0.387 e. The predicted octanol–water partition coefficient (Wildman–Crippen LogP) is 2.61. The minimum Gasteiger partial charge on any atom is -0.430 e. The normalized spacial score (nSPS) is 10.0. The quantitative estimate of drug-likeness (QED) is 0.736. The molecule has 0 fully saturated rings. The molecule has 0 saturated carbocycles. The summed E-state index contributed by atoms with van der Waals surface area (Å²) in [5.74, 6) is -1.66. The van der Waals surface area contributed by atoms with E-state index in [0.717, 1.165) is 6.07 Å². The first-order valence-corrected chi connectivity index (χ1v) is 3.69. The van der Waals surface area contributed by atoms with Crippen LogP contribution in [0.5, 0.6) is 5.75 Å². The maximum absolute atomic E-state index is 13.0. The van der Waals surface area contributed by atoms with E-state index in [1.54, 1.807) is 13.0 Å². The minimum absolute atomic E-state index is 0.234. The summed E-state index contributed by atoms with van der Waals surface area (Å²) in [5.41, 5.74) is 0.239. The molecule has 0 aliphatic heterocycles. The van der Waals surface area contributed by atoms with E-state index in [0.29, 0.717) is 5.56 Å². The van der Waals surface area contributed by atoms with E-state index in [1.165, 1.54) is 6.07 Å². The summed E-state index contributed by atoms with van der Waals surface area (Å²) < 4.78 is 40.6. The van der Waals surface area contributed by atoms with E-state index in [9.17, 15) is 13.2 Å². The molecule has 0 radical (unpaired) electrons. The maximum Gasteiger partial charge on any atom is 0.387 e. The molecule has 1 aromatic carbocycles. The molecule has 1 rings (SSSR count). The lowest BCUT2D eigenvalue weighted by Gasteiger charge is -2.07. The summed E-state index contributed by atoms with van der Waals surface area (Å²) in [6, 6.07) is 3.89. The fourth-order valence-electron chi connectivity index (χ4n) is 1.02. The van der Waals surface area contributed by atoms with Crippen molar-refractivity contribution in [1.29, 1.82) is 5.26 Å². The van der Waals surface area contributed by atoms with Crippen LogP contribution in [0.15, 0.2) is 12.1 Å². The topological polar surface area (TPSA) is 33.0 Å². The fraction of sp³-hybridized carbons (Fsp3) is 0.222. The number of hydrogen-bond donors (Lipinski definition) is 0. The molecule has 0 spiro atoms. The van der Waals surface area contributed by atoms with Crippen molar-refractivity contribution in [3.63, 3.8) is 0 Å². The van der Waals surface area contributed by atoms with Crippen LogP contribution < -0.4 is 4.74 Å².